The average molecular weight is 387 g/mol. The number of carbonyl (C=O) groups is 1. The second-order valence-corrected chi connectivity index (χ2v) is 7.76. The van der Waals surface area contributed by atoms with E-state index in [0.29, 0.717) is 6.61 Å². The number of fused-ring (bicyclic) bond motifs is 1. The van der Waals surface area contributed by atoms with Crippen LogP contribution in [-0.2, 0) is 4.74 Å². The molecule has 27 heavy (non-hydrogen) atoms. The molecule has 0 aliphatic rings. The highest BCUT2D eigenvalue weighted by molar-refractivity contribution is 7.19. The number of ether oxygens (including phenoxy) is 1. The summed E-state index contributed by atoms with van der Waals surface area (Å²) in [5.74, 6) is 0.934. The van der Waals surface area contributed by atoms with Gasteiger partial charge in [-0.25, -0.2) is 4.98 Å². The molecule has 0 atom stereocenters. The van der Waals surface area contributed by atoms with Crippen LogP contribution in [0.25, 0.3) is 16.2 Å². The van der Waals surface area contributed by atoms with E-state index in [1.807, 2.05) is 13.0 Å². The van der Waals surface area contributed by atoms with E-state index in [1.165, 1.54) is 16.9 Å². The van der Waals surface area contributed by atoms with E-state index in [1.54, 1.807) is 26.1 Å². The number of aromatic nitrogens is 2. The van der Waals surface area contributed by atoms with Crippen LogP contribution in [0.15, 0.2) is 24.3 Å². The molecule has 2 heterocycles. The fourth-order valence-electron chi connectivity index (χ4n) is 3.03. The van der Waals surface area contributed by atoms with Gasteiger partial charge in [-0.15, -0.1) is 0 Å². The van der Waals surface area contributed by atoms with Gasteiger partial charge < -0.3 is 15.0 Å². The maximum atomic E-state index is 12.5. The Morgan fingerprint density at radius 3 is 2.78 bits per heavy atom. The summed E-state index contributed by atoms with van der Waals surface area (Å²) in [7, 11) is 5.25. The third kappa shape index (κ3) is 3.84. The predicted molar refractivity (Wildman–Crippen MR) is 111 cm³/mol. The SMILES string of the molecule is COCCCNc1c(-c2cccc(C)c2)nc2sc(C(=O)N(C)C)c(C)n12. The lowest BCUT2D eigenvalue weighted by atomic mass is 10.1. The topological polar surface area (TPSA) is 58.9 Å². The number of hydrogen-bond donors (Lipinski definition) is 1. The molecule has 0 saturated carbocycles. The molecule has 0 aliphatic heterocycles. The predicted octanol–water partition coefficient (Wildman–Crippen LogP) is 3.83. The van der Waals surface area contributed by atoms with Crippen molar-refractivity contribution in [3.8, 4) is 11.3 Å². The smallest absolute Gasteiger partial charge is 0.265 e. The molecule has 1 aromatic carbocycles. The Kier molecular flexibility index (Phi) is 5.82. The molecule has 1 amide bonds. The number of amides is 1. The first kappa shape index (κ1) is 19.4. The number of hydrogen-bond acceptors (Lipinski definition) is 5. The summed E-state index contributed by atoms with van der Waals surface area (Å²) in [6.07, 6.45) is 0.893. The Bertz CT molecular complexity index is 958. The molecule has 3 rings (SSSR count). The van der Waals surface area contributed by atoms with Crippen molar-refractivity contribution in [2.24, 2.45) is 0 Å². The third-order valence-corrected chi connectivity index (χ3v) is 5.54. The normalized spacial score (nSPS) is 11.1. The molecule has 144 valence electrons. The van der Waals surface area contributed by atoms with Crippen LogP contribution in [0.3, 0.4) is 0 Å². The molecule has 3 aromatic rings. The van der Waals surface area contributed by atoms with Crippen LogP contribution >= 0.6 is 11.3 Å². The first-order valence-electron chi connectivity index (χ1n) is 8.97. The standard InChI is InChI=1S/C20H26N4O2S/c1-13-8-6-9-15(12-13)16-18(21-10-7-11-26-5)24-14(2)17(19(25)23(3)4)27-20(24)22-16/h6,8-9,12,21H,7,10-11H2,1-5H3. The minimum absolute atomic E-state index is 0.00504. The van der Waals surface area contributed by atoms with Crippen molar-refractivity contribution >= 4 is 28.0 Å². The van der Waals surface area contributed by atoms with E-state index in [0.717, 1.165) is 45.6 Å². The summed E-state index contributed by atoms with van der Waals surface area (Å²) < 4.78 is 7.22. The maximum absolute atomic E-state index is 12.5. The molecular weight excluding hydrogens is 360 g/mol. The van der Waals surface area contributed by atoms with Crippen molar-refractivity contribution in [3.05, 3.63) is 40.4 Å². The van der Waals surface area contributed by atoms with Gasteiger partial charge in [0, 0.05) is 45.6 Å². The molecule has 6 nitrogen and oxygen atoms in total. The molecule has 0 bridgehead atoms. The summed E-state index contributed by atoms with van der Waals surface area (Å²) in [6, 6.07) is 8.32. The van der Waals surface area contributed by atoms with Crippen molar-refractivity contribution in [3.63, 3.8) is 0 Å². The van der Waals surface area contributed by atoms with Crippen LogP contribution in [-0.4, -0.2) is 54.5 Å². The number of imidazole rings is 1. The highest BCUT2D eigenvalue weighted by atomic mass is 32.1. The number of rotatable bonds is 7. The molecule has 0 unspecified atom stereocenters. The Labute approximate surface area is 163 Å². The summed E-state index contributed by atoms with van der Waals surface area (Å²) in [5.41, 5.74) is 4.08. The Morgan fingerprint density at radius 2 is 2.11 bits per heavy atom. The van der Waals surface area contributed by atoms with Gasteiger partial charge >= 0.3 is 0 Å². The number of carbonyl (C=O) groups excluding carboxylic acids is 1. The van der Waals surface area contributed by atoms with Crippen LogP contribution in [0.2, 0.25) is 0 Å². The van der Waals surface area contributed by atoms with Crippen LogP contribution in [0, 0.1) is 13.8 Å². The van der Waals surface area contributed by atoms with Crippen molar-refractivity contribution in [1.29, 1.82) is 0 Å². The van der Waals surface area contributed by atoms with Gasteiger partial charge in [0.05, 0.1) is 0 Å². The Balaban J connectivity index is 2.10. The summed E-state index contributed by atoms with van der Waals surface area (Å²) in [4.78, 5) is 20.5. The highest BCUT2D eigenvalue weighted by Gasteiger charge is 2.23. The van der Waals surface area contributed by atoms with Crippen molar-refractivity contribution in [2.45, 2.75) is 20.3 Å². The number of aryl methyl sites for hydroxylation is 2. The molecule has 0 fully saturated rings. The van der Waals surface area contributed by atoms with E-state index in [2.05, 4.69) is 34.8 Å². The van der Waals surface area contributed by atoms with E-state index in [4.69, 9.17) is 9.72 Å². The van der Waals surface area contributed by atoms with Crippen LogP contribution in [0.1, 0.15) is 27.3 Å². The second kappa shape index (κ2) is 8.10. The first-order chi connectivity index (χ1) is 12.9. The quantitative estimate of drug-likeness (QED) is 0.627. The van der Waals surface area contributed by atoms with Gasteiger partial charge in [0.2, 0.25) is 0 Å². The monoisotopic (exact) mass is 386 g/mol. The van der Waals surface area contributed by atoms with E-state index in [-0.39, 0.29) is 5.91 Å². The van der Waals surface area contributed by atoms with Gasteiger partial charge in [0.1, 0.15) is 16.4 Å². The number of thiazole rings is 1. The van der Waals surface area contributed by atoms with E-state index < -0.39 is 0 Å². The lowest BCUT2D eigenvalue weighted by Crippen LogP contribution is -2.21. The van der Waals surface area contributed by atoms with Crippen LogP contribution < -0.4 is 5.32 Å². The lowest BCUT2D eigenvalue weighted by molar-refractivity contribution is 0.0831. The van der Waals surface area contributed by atoms with Gasteiger partial charge in [-0.05, 0) is 26.3 Å². The van der Waals surface area contributed by atoms with Gasteiger partial charge in [0.25, 0.3) is 5.91 Å². The zero-order chi connectivity index (χ0) is 19.6. The zero-order valence-corrected chi connectivity index (χ0v) is 17.3. The molecule has 0 radical (unpaired) electrons. The third-order valence-electron chi connectivity index (χ3n) is 4.41. The fraction of sp³-hybridized carbons (Fsp3) is 0.400. The summed E-state index contributed by atoms with van der Waals surface area (Å²) in [6.45, 7) is 5.52. The zero-order valence-electron chi connectivity index (χ0n) is 16.5. The Morgan fingerprint density at radius 1 is 1.33 bits per heavy atom. The average Bonchev–Trinajstić information content (AvgIpc) is 3.15. The maximum Gasteiger partial charge on any atom is 0.265 e. The van der Waals surface area contributed by atoms with Gasteiger partial charge in [-0.3, -0.25) is 9.20 Å². The summed E-state index contributed by atoms with van der Waals surface area (Å²) in [5, 5.41) is 3.51. The molecule has 2 aromatic heterocycles. The molecule has 7 heteroatoms. The first-order valence-corrected chi connectivity index (χ1v) is 9.79. The van der Waals surface area contributed by atoms with Crippen molar-refractivity contribution < 1.29 is 9.53 Å². The van der Waals surface area contributed by atoms with E-state index >= 15 is 0 Å². The van der Waals surface area contributed by atoms with Crippen molar-refractivity contribution in [1.82, 2.24) is 14.3 Å². The van der Waals surface area contributed by atoms with Gasteiger partial charge in [0.15, 0.2) is 4.96 Å². The molecule has 0 saturated heterocycles. The van der Waals surface area contributed by atoms with Crippen LogP contribution in [0.4, 0.5) is 5.82 Å². The minimum atomic E-state index is 0.00504. The van der Waals surface area contributed by atoms with E-state index in [9.17, 15) is 4.79 Å². The van der Waals surface area contributed by atoms with Crippen molar-refractivity contribution in [2.75, 3.05) is 39.7 Å². The molecular formula is C20H26N4O2S. The Hall–Kier alpha value is -2.38. The number of anilines is 1. The lowest BCUT2D eigenvalue weighted by Gasteiger charge is -2.11. The second-order valence-electron chi connectivity index (χ2n) is 6.79. The van der Waals surface area contributed by atoms with Crippen LogP contribution in [0.5, 0.6) is 0 Å². The molecule has 0 spiro atoms. The minimum Gasteiger partial charge on any atom is -0.385 e. The largest absolute Gasteiger partial charge is 0.385 e. The summed E-state index contributed by atoms with van der Waals surface area (Å²) >= 11 is 1.43. The fourth-order valence-corrected chi connectivity index (χ4v) is 4.18. The van der Waals surface area contributed by atoms with Gasteiger partial charge in [-0.1, -0.05) is 35.1 Å². The number of benzene rings is 1. The molecule has 1 N–H and O–H groups in total. The molecule has 0 aliphatic carbocycles. The number of methoxy groups -OCH3 is 1. The van der Waals surface area contributed by atoms with Gasteiger partial charge in [-0.2, -0.15) is 0 Å². The number of nitrogens with zero attached hydrogens (tertiary/aromatic N) is 3. The highest BCUT2D eigenvalue weighted by Crippen LogP contribution is 2.35. The number of nitrogens with one attached hydrogen (secondary N) is 1.